The van der Waals surface area contributed by atoms with E-state index >= 15 is 0 Å². The lowest BCUT2D eigenvalue weighted by Crippen LogP contribution is -2.27. The van der Waals surface area contributed by atoms with Crippen LogP contribution >= 0.6 is 11.6 Å². The molecule has 0 aliphatic heterocycles. The molecular formula is C24H27ClN2O3S. The molecule has 0 saturated carbocycles. The van der Waals surface area contributed by atoms with Gasteiger partial charge in [0.2, 0.25) is 0 Å². The van der Waals surface area contributed by atoms with Gasteiger partial charge in [-0.3, -0.25) is 4.72 Å². The van der Waals surface area contributed by atoms with E-state index in [4.69, 9.17) is 11.6 Å². The van der Waals surface area contributed by atoms with Crippen LogP contribution in [0.4, 0.5) is 5.69 Å². The SMILES string of the molecule is CC(C)(C)c1ccc(S(=O)(=O)Nc2ccc(Cl)cc2C(C)(C)c2cc[n+]([O-])cc2)cc1. The van der Waals surface area contributed by atoms with E-state index in [1.54, 1.807) is 42.5 Å². The summed E-state index contributed by atoms with van der Waals surface area (Å²) in [7, 11) is -3.81. The largest absolute Gasteiger partial charge is 0.619 e. The zero-order chi connectivity index (χ0) is 23.0. The van der Waals surface area contributed by atoms with E-state index in [0.29, 0.717) is 21.0 Å². The molecule has 2 aromatic carbocycles. The molecular weight excluding hydrogens is 432 g/mol. The van der Waals surface area contributed by atoms with Crippen molar-refractivity contribution >= 4 is 27.3 Å². The van der Waals surface area contributed by atoms with Crippen LogP contribution in [0, 0.1) is 5.21 Å². The molecule has 0 amide bonds. The predicted octanol–water partition coefficient (Wildman–Crippen LogP) is 5.40. The molecule has 31 heavy (non-hydrogen) atoms. The number of pyridine rings is 1. The third-order valence-electron chi connectivity index (χ3n) is 5.45. The fourth-order valence-corrected chi connectivity index (χ4v) is 4.70. The molecule has 0 spiro atoms. The Hall–Kier alpha value is -2.57. The summed E-state index contributed by atoms with van der Waals surface area (Å²) in [6.07, 6.45) is 2.84. The molecule has 1 aromatic heterocycles. The minimum Gasteiger partial charge on any atom is -0.619 e. The number of aromatic nitrogens is 1. The van der Waals surface area contributed by atoms with Crippen LogP contribution in [0.15, 0.2) is 71.9 Å². The van der Waals surface area contributed by atoms with E-state index in [9.17, 15) is 13.6 Å². The third-order valence-corrected chi connectivity index (χ3v) is 7.07. The molecule has 164 valence electrons. The van der Waals surface area contributed by atoms with Crippen LogP contribution in [0.25, 0.3) is 0 Å². The predicted molar refractivity (Wildman–Crippen MR) is 125 cm³/mol. The molecule has 5 nitrogen and oxygen atoms in total. The number of hydrogen-bond donors (Lipinski definition) is 1. The molecule has 0 unspecified atom stereocenters. The van der Waals surface area contributed by atoms with E-state index in [1.807, 2.05) is 26.0 Å². The molecule has 0 fully saturated rings. The van der Waals surface area contributed by atoms with Crippen molar-refractivity contribution in [1.82, 2.24) is 0 Å². The standard InChI is InChI=1S/C24H27ClN2O3S/c1-23(2,3)17-6-9-20(10-7-17)31(29,30)26-22-11-8-19(25)16-21(22)24(4,5)18-12-14-27(28)15-13-18/h6-16,26H,1-5H3. The van der Waals surface area contributed by atoms with Crippen molar-refractivity contribution in [3.63, 3.8) is 0 Å². The summed E-state index contributed by atoms with van der Waals surface area (Å²) in [6, 6.07) is 15.4. The molecule has 0 aliphatic rings. The smallest absolute Gasteiger partial charge is 0.261 e. The molecule has 1 heterocycles. The number of rotatable bonds is 5. The van der Waals surface area contributed by atoms with E-state index < -0.39 is 15.4 Å². The number of nitrogens with zero attached hydrogens (tertiary/aromatic N) is 1. The van der Waals surface area contributed by atoms with Gasteiger partial charge >= 0.3 is 0 Å². The molecule has 0 radical (unpaired) electrons. The van der Waals surface area contributed by atoms with Crippen molar-refractivity contribution in [3.8, 4) is 0 Å². The number of nitrogens with one attached hydrogen (secondary N) is 1. The highest BCUT2D eigenvalue weighted by molar-refractivity contribution is 7.92. The van der Waals surface area contributed by atoms with Crippen LogP contribution in [0.5, 0.6) is 0 Å². The van der Waals surface area contributed by atoms with Gasteiger partial charge in [0, 0.05) is 22.6 Å². The fraction of sp³-hybridized carbons (Fsp3) is 0.292. The number of halogens is 1. The fourth-order valence-electron chi connectivity index (χ4n) is 3.45. The second-order valence-electron chi connectivity index (χ2n) is 9.14. The van der Waals surface area contributed by atoms with Gasteiger partial charge in [0.05, 0.1) is 10.6 Å². The average molecular weight is 459 g/mol. The van der Waals surface area contributed by atoms with E-state index in [0.717, 1.165) is 11.1 Å². The Kier molecular flexibility index (Phi) is 6.09. The van der Waals surface area contributed by atoms with Gasteiger partial charge in [-0.25, -0.2) is 8.42 Å². The van der Waals surface area contributed by atoms with Crippen LogP contribution in [-0.2, 0) is 20.9 Å². The molecule has 0 aliphatic carbocycles. The summed E-state index contributed by atoms with van der Waals surface area (Å²) < 4.78 is 29.7. The van der Waals surface area contributed by atoms with Crippen molar-refractivity contribution in [3.05, 3.63) is 93.9 Å². The summed E-state index contributed by atoms with van der Waals surface area (Å²) in [5.74, 6) is 0. The highest BCUT2D eigenvalue weighted by Gasteiger charge is 2.29. The molecule has 0 saturated heterocycles. The highest BCUT2D eigenvalue weighted by Crippen LogP contribution is 2.38. The second kappa shape index (κ2) is 8.17. The third kappa shape index (κ3) is 5.02. The first-order valence-corrected chi connectivity index (χ1v) is 11.8. The van der Waals surface area contributed by atoms with Gasteiger partial charge in [0.1, 0.15) is 0 Å². The van der Waals surface area contributed by atoms with E-state index in [1.165, 1.54) is 12.4 Å². The van der Waals surface area contributed by atoms with Crippen LogP contribution < -0.4 is 9.45 Å². The molecule has 7 heteroatoms. The van der Waals surface area contributed by atoms with Gasteiger partial charge in [-0.15, -0.1) is 0 Å². The zero-order valence-electron chi connectivity index (χ0n) is 18.3. The monoisotopic (exact) mass is 458 g/mol. The lowest BCUT2D eigenvalue weighted by atomic mass is 9.78. The zero-order valence-corrected chi connectivity index (χ0v) is 19.9. The van der Waals surface area contributed by atoms with E-state index in [-0.39, 0.29) is 10.3 Å². The normalized spacial score (nSPS) is 12.6. The minimum atomic E-state index is -3.81. The summed E-state index contributed by atoms with van der Waals surface area (Å²) in [4.78, 5) is 0.186. The second-order valence-corrected chi connectivity index (χ2v) is 11.3. The van der Waals surface area contributed by atoms with Gasteiger partial charge in [0.25, 0.3) is 10.0 Å². The van der Waals surface area contributed by atoms with Gasteiger partial charge < -0.3 is 5.21 Å². The Morgan fingerprint density at radius 2 is 1.45 bits per heavy atom. The Bertz CT molecular complexity index is 1180. The molecule has 3 rings (SSSR count). The maximum atomic E-state index is 13.1. The van der Waals surface area contributed by atoms with Crippen molar-refractivity contribution in [1.29, 1.82) is 0 Å². The minimum absolute atomic E-state index is 0.0684. The van der Waals surface area contributed by atoms with Gasteiger partial charge in [-0.1, -0.05) is 58.4 Å². The Labute approximate surface area is 189 Å². The van der Waals surface area contributed by atoms with Crippen LogP contribution in [-0.4, -0.2) is 8.42 Å². The van der Waals surface area contributed by atoms with E-state index in [2.05, 4.69) is 25.5 Å². The topological polar surface area (TPSA) is 73.1 Å². The molecule has 0 bridgehead atoms. The van der Waals surface area contributed by atoms with Crippen LogP contribution in [0.2, 0.25) is 5.02 Å². The first-order valence-electron chi connectivity index (χ1n) is 9.93. The van der Waals surface area contributed by atoms with Gasteiger partial charge in [-0.2, -0.15) is 4.73 Å². The van der Waals surface area contributed by atoms with Gasteiger partial charge in [0.15, 0.2) is 12.4 Å². The van der Waals surface area contributed by atoms with Crippen molar-refractivity contribution in [2.24, 2.45) is 0 Å². The van der Waals surface area contributed by atoms with Gasteiger partial charge in [-0.05, 0) is 52.4 Å². The van der Waals surface area contributed by atoms with Crippen molar-refractivity contribution < 1.29 is 13.1 Å². The lowest BCUT2D eigenvalue weighted by molar-refractivity contribution is -0.605. The van der Waals surface area contributed by atoms with Crippen LogP contribution in [0.3, 0.4) is 0 Å². The Morgan fingerprint density at radius 1 is 0.871 bits per heavy atom. The Balaban J connectivity index is 2.01. The maximum absolute atomic E-state index is 13.1. The number of benzene rings is 2. The van der Waals surface area contributed by atoms with Crippen molar-refractivity contribution in [2.45, 2.75) is 50.3 Å². The van der Waals surface area contributed by atoms with Crippen LogP contribution in [0.1, 0.15) is 51.3 Å². The summed E-state index contributed by atoms with van der Waals surface area (Å²) in [6.45, 7) is 10.1. The highest BCUT2D eigenvalue weighted by atomic mass is 35.5. The number of sulfonamides is 1. The molecule has 0 atom stereocenters. The number of hydrogen-bond acceptors (Lipinski definition) is 3. The molecule has 3 aromatic rings. The average Bonchev–Trinajstić information content (AvgIpc) is 2.69. The first-order chi connectivity index (χ1) is 14.3. The Morgan fingerprint density at radius 3 is 2.00 bits per heavy atom. The maximum Gasteiger partial charge on any atom is 0.261 e. The summed E-state index contributed by atoms with van der Waals surface area (Å²) in [5.41, 5.74) is 2.39. The number of anilines is 1. The first kappa shape index (κ1) is 23.1. The lowest BCUT2D eigenvalue weighted by Gasteiger charge is -2.28. The quantitative estimate of drug-likeness (QED) is 0.411. The van der Waals surface area contributed by atoms with Crippen molar-refractivity contribution in [2.75, 3.05) is 4.72 Å². The summed E-state index contributed by atoms with van der Waals surface area (Å²) >= 11 is 6.25. The summed E-state index contributed by atoms with van der Waals surface area (Å²) in [5, 5.41) is 11.9. The molecule has 1 N–H and O–H groups in total.